The van der Waals surface area contributed by atoms with Crippen LogP contribution in [-0.2, 0) is 4.79 Å². The summed E-state index contributed by atoms with van der Waals surface area (Å²) in [5, 5.41) is 10.1. The molecule has 2 N–H and O–H groups in total. The van der Waals surface area contributed by atoms with Gasteiger partial charge >= 0.3 is 0 Å². The third kappa shape index (κ3) is 3.30. The molecule has 148 valence electrons. The number of amides is 2. The summed E-state index contributed by atoms with van der Waals surface area (Å²) in [4.78, 5) is 24.7. The maximum absolute atomic E-state index is 13.1. The van der Waals surface area contributed by atoms with Crippen molar-refractivity contribution in [3.05, 3.63) is 78.7 Å². The van der Waals surface area contributed by atoms with E-state index >= 15 is 0 Å². The lowest BCUT2D eigenvalue weighted by atomic mass is 10.2. The van der Waals surface area contributed by atoms with Gasteiger partial charge in [-0.15, -0.1) is 0 Å². The fraction of sp³-hybridized carbons (Fsp3) is 0.0455. The van der Waals surface area contributed by atoms with Gasteiger partial charge in [0, 0.05) is 11.8 Å². The van der Waals surface area contributed by atoms with E-state index < -0.39 is 0 Å². The number of carbonyl (C=O) groups excluding carboxylic acids is 2. The average Bonchev–Trinajstić information content (AvgIpc) is 3.44. The lowest BCUT2D eigenvalue weighted by Crippen LogP contribution is -2.25. The first-order chi connectivity index (χ1) is 14.7. The van der Waals surface area contributed by atoms with Gasteiger partial charge in [0.2, 0.25) is 0 Å². The minimum atomic E-state index is -0.354. The molecule has 0 saturated carbocycles. The van der Waals surface area contributed by atoms with Gasteiger partial charge in [-0.25, -0.2) is 4.68 Å². The summed E-state index contributed by atoms with van der Waals surface area (Å²) in [7, 11) is 0. The van der Waals surface area contributed by atoms with Crippen LogP contribution < -0.4 is 15.4 Å². The van der Waals surface area contributed by atoms with Gasteiger partial charge in [-0.05, 0) is 42.5 Å². The number of aromatic nitrogens is 2. The quantitative estimate of drug-likeness (QED) is 0.544. The summed E-state index contributed by atoms with van der Waals surface area (Å²) < 4.78 is 12.4. The molecule has 0 radical (unpaired) electrons. The minimum absolute atomic E-state index is 0.0233. The molecule has 5 rings (SSSR count). The number of fused-ring (bicyclic) bond motifs is 1. The number of para-hydroxylation sites is 1. The second kappa shape index (κ2) is 7.25. The van der Waals surface area contributed by atoms with Crippen LogP contribution in [0.3, 0.4) is 0 Å². The van der Waals surface area contributed by atoms with Gasteiger partial charge in [-0.3, -0.25) is 9.59 Å². The molecule has 0 atom stereocenters. The monoisotopic (exact) mass is 400 g/mol. The molecular weight excluding hydrogens is 384 g/mol. The number of anilines is 2. The molecule has 0 bridgehead atoms. The van der Waals surface area contributed by atoms with Gasteiger partial charge in [0.05, 0.1) is 17.6 Å². The molecule has 2 amide bonds. The molecule has 8 nitrogen and oxygen atoms in total. The van der Waals surface area contributed by atoms with Crippen LogP contribution in [0.1, 0.15) is 10.5 Å². The Balaban J connectivity index is 1.49. The maximum Gasteiger partial charge on any atom is 0.274 e. The first kappa shape index (κ1) is 17.7. The van der Waals surface area contributed by atoms with E-state index in [1.807, 2.05) is 30.3 Å². The predicted molar refractivity (Wildman–Crippen MR) is 110 cm³/mol. The van der Waals surface area contributed by atoms with Crippen molar-refractivity contribution in [2.45, 2.75) is 0 Å². The van der Waals surface area contributed by atoms with E-state index in [2.05, 4.69) is 15.7 Å². The van der Waals surface area contributed by atoms with Gasteiger partial charge in [0.15, 0.2) is 12.4 Å². The lowest BCUT2D eigenvalue weighted by Gasteiger charge is -2.18. The molecule has 4 aromatic rings. The van der Waals surface area contributed by atoms with Crippen molar-refractivity contribution in [1.82, 2.24) is 9.78 Å². The zero-order valence-corrected chi connectivity index (χ0v) is 15.7. The van der Waals surface area contributed by atoms with Gasteiger partial charge in [0.25, 0.3) is 11.8 Å². The molecule has 3 heterocycles. The molecule has 0 fully saturated rings. The Bertz CT molecular complexity index is 1230. The van der Waals surface area contributed by atoms with E-state index in [0.29, 0.717) is 34.3 Å². The van der Waals surface area contributed by atoms with Crippen LogP contribution in [0, 0.1) is 0 Å². The Hall–Kier alpha value is -4.33. The number of rotatable bonds is 4. The Kier molecular flexibility index (Phi) is 4.29. The summed E-state index contributed by atoms with van der Waals surface area (Å²) >= 11 is 0. The standard InChI is InChI=1S/C22H16N4O4/c27-21-13-30-20-9-8-14(11-16(20)24-21)23-22(28)18-12-17(19-7-4-10-29-19)25-26(18)15-5-2-1-3-6-15/h1-12H,13H2,(H,23,28)(H,24,27). The summed E-state index contributed by atoms with van der Waals surface area (Å²) in [6, 6.07) is 19.6. The lowest BCUT2D eigenvalue weighted by molar-refractivity contribution is -0.118. The summed E-state index contributed by atoms with van der Waals surface area (Å²) in [6.07, 6.45) is 1.56. The molecule has 0 spiro atoms. The van der Waals surface area contributed by atoms with Gasteiger partial charge < -0.3 is 19.8 Å². The van der Waals surface area contributed by atoms with Crippen LogP contribution in [0.25, 0.3) is 17.1 Å². The zero-order chi connectivity index (χ0) is 20.5. The summed E-state index contributed by atoms with van der Waals surface area (Å²) in [5.74, 6) is 0.526. The van der Waals surface area contributed by atoms with E-state index in [0.717, 1.165) is 5.69 Å². The van der Waals surface area contributed by atoms with Crippen molar-refractivity contribution in [2.24, 2.45) is 0 Å². The van der Waals surface area contributed by atoms with Crippen molar-refractivity contribution in [1.29, 1.82) is 0 Å². The summed E-state index contributed by atoms with van der Waals surface area (Å²) in [5.41, 5.74) is 2.65. The molecule has 1 aliphatic rings. The molecule has 8 heteroatoms. The minimum Gasteiger partial charge on any atom is -0.482 e. The largest absolute Gasteiger partial charge is 0.482 e. The van der Waals surface area contributed by atoms with Crippen LogP contribution in [0.15, 0.2) is 77.4 Å². The molecule has 0 aliphatic carbocycles. The van der Waals surface area contributed by atoms with Crippen molar-refractivity contribution in [3.63, 3.8) is 0 Å². The van der Waals surface area contributed by atoms with Crippen molar-refractivity contribution in [2.75, 3.05) is 17.2 Å². The molecule has 0 unspecified atom stereocenters. The van der Waals surface area contributed by atoms with Crippen LogP contribution in [-0.4, -0.2) is 28.2 Å². The van der Waals surface area contributed by atoms with E-state index in [1.165, 1.54) is 0 Å². The van der Waals surface area contributed by atoms with Crippen LogP contribution in [0.4, 0.5) is 11.4 Å². The van der Waals surface area contributed by atoms with E-state index in [9.17, 15) is 9.59 Å². The molecule has 1 aliphatic heterocycles. The van der Waals surface area contributed by atoms with Crippen molar-refractivity contribution >= 4 is 23.2 Å². The van der Waals surface area contributed by atoms with Crippen molar-refractivity contribution in [3.8, 4) is 22.9 Å². The van der Waals surface area contributed by atoms with E-state index in [1.54, 1.807) is 47.3 Å². The predicted octanol–water partition coefficient (Wildman–Crippen LogP) is 3.72. The first-order valence-corrected chi connectivity index (χ1v) is 9.25. The van der Waals surface area contributed by atoms with Gasteiger partial charge in [0.1, 0.15) is 17.1 Å². The van der Waals surface area contributed by atoms with E-state index in [-0.39, 0.29) is 18.4 Å². The Morgan fingerprint density at radius 2 is 1.93 bits per heavy atom. The SMILES string of the molecule is O=C1COc2ccc(NC(=O)c3cc(-c4ccco4)nn3-c3ccccc3)cc2N1. The maximum atomic E-state index is 13.1. The number of carbonyl (C=O) groups is 2. The second-order valence-electron chi connectivity index (χ2n) is 6.64. The second-order valence-corrected chi connectivity index (χ2v) is 6.64. The molecule has 30 heavy (non-hydrogen) atoms. The smallest absolute Gasteiger partial charge is 0.274 e. The Morgan fingerprint density at radius 1 is 1.07 bits per heavy atom. The third-order valence-corrected chi connectivity index (χ3v) is 4.59. The highest BCUT2D eigenvalue weighted by atomic mass is 16.5. The van der Waals surface area contributed by atoms with E-state index in [4.69, 9.17) is 9.15 Å². The molecule has 2 aromatic heterocycles. The van der Waals surface area contributed by atoms with Crippen molar-refractivity contribution < 1.29 is 18.7 Å². The van der Waals surface area contributed by atoms with Gasteiger partial charge in [-0.1, -0.05) is 18.2 Å². The first-order valence-electron chi connectivity index (χ1n) is 9.25. The van der Waals surface area contributed by atoms with Crippen LogP contribution >= 0.6 is 0 Å². The Morgan fingerprint density at radius 3 is 2.73 bits per heavy atom. The number of hydrogen-bond acceptors (Lipinski definition) is 5. The number of nitrogens with one attached hydrogen (secondary N) is 2. The molecule has 0 saturated heterocycles. The zero-order valence-electron chi connectivity index (χ0n) is 15.7. The fourth-order valence-electron chi connectivity index (χ4n) is 3.21. The number of benzene rings is 2. The molecule has 2 aromatic carbocycles. The fourth-order valence-corrected chi connectivity index (χ4v) is 3.21. The number of nitrogens with zero attached hydrogens (tertiary/aromatic N) is 2. The van der Waals surface area contributed by atoms with Crippen LogP contribution in [0.2, 0.25) is 0 Å². The Labute approximate surface area is 171 Å². The normalized spacial score (nSPS) is 12.6. The van der Waals surface area contributed by atoms with Crippen LogP contribution in [0.5, 0.6) is 5.75 Å². The number of furan rings is 1. The highest BCUT2D eigenvalue weighted by Crippen LogP contribution is 2.31. The summed E-state index contributed by atoms with van der Waals surface area (Å²) in [6.45, 7) is -0.0233. The number of ether oxygens (including phenoxy) is 1. The highest BCUT2D eigenvalue weighted by molar-refractivity contribution is 6.05. The topological polar surface area (TPSA) is 98.4 Å². The third-order valence-electron chi connectivity index (χ3n) is 4.59. The van der Waals surface area contributed by atoms with Gasteiger partial charge in [-0.2, -0.15) is 5.10 Å². The average molecular weight is 400 g/mol. The molecular formula is C22H16N4O4. The number of hydrogen-bond donors (Lipinski definition) is 2. The highest BCUT2D eigenvalue weighted by Gasteiger charge is 2.20.